The maximum Gasteiger partial charge on any atom is 0.238 e. The molecule has 10 nitrogen and oxygen atoms in total. The van der Waals surface area contributed by atoms with Gasteiger partial charge in [0.2, 0.25) is 5.91 Å². The van der Waals surface area contributed by atoms with Crippen LogP contribution < -0.4 is 10.1 Å². The van der Waals surface area contributed by atoms with Crippen LogP contribution in [0.25, 0.3) is 10.6 Å². The molecular formula is C27H34N6O4S. The third kappa shape index (κ3) is 7.64. The standard InChI is InChI=1S/C27H34N6O4S/c1-19-7-8-28-17-21(19)27-31-30-26(38-27)16-23(34)20-5-6-24(37-14-4-13-36-3)22(15-20)29-25(35)18-33-11-9-32(2)10-12-33/h5-8,15,17H,4,9-14,16,18H2,1-3H3,(H,29,35). The minimum atomic E-state index is -0.138. The van der Waals surface area contributed by atoms with E-state index in [0.717, 1.165) is 42.3 Å². The minimum Gasteiger partial charge on any atom is -0.491 e. The van der Waals surface area contributed by atoms with E-state index >= 15 is 0 Å². The molecule has 202 valence electrons. The molecule has 1 aromatic carbocycles. The Morgan fingerprint density at radius 1 is 1.11 bits per heavy atom. The molecule has 4 rings (SSSR count). The summed E-state index contributed by atoms with van der Waals surface area (Å²) in [6.45, 7) is 6.82. The number of hydrogen-bond donors (Lipinski definition) is 1. The van der Waals surface area contributed by atoms with Crippen molar-refractivity contribution in [2.75, 3.05) is 65.4 Å². The number of hydrogen-bond acceptors (Lipinski definition) is 10. The van der Waals surface area contributed by atoms with Crippen molar-refractivity contribution in [3.05, 3.63) is 52.8 Å². The molecule has 0 bridgehead atoms. The molecule has 0 radical (unpaired) electrons. The molecule has 1 aliphatic heterocycles. The summed E-state index contributed by atoms with van der Waals surface area (Å²) < 4.78 is 11.0. The van der Waals surface area contributed by atoms with Crippen molar-refractivity contribution in [1.29, 1.82) is 0 Å². The number of carbonyl (C=O) groups is 2. The van der Waals surface area contributed by atoms with Gasteiger partial charge in [-0.1, -0.05) is 11.3 Å². The van der Waals surface area contributed by atoms with Crippen molar-refractivity contribution >= 4 is 28.7 Å². The van der Waals surface area contributed by atoms with Crippen LogP contribution in [0.5, 0.6) is 5.75 Å². The van der Waals surface area contributed by atoms with Crippen LogP contribution in [0, 0.1) is 6.92 Å². The van der Waals surface area contributed by atoms with Gasteiger partial charge in [0.25, 0.3) is 0 Å². The van der Waals surface area contributed by atoms with E-state index in [0.29, 0.717) is 41.6 Å². The Morgan fingerprint density at radius 3 is 2.68 bits per heavy atom. The van der Waals surface area contributed by atoms with E-state index in [2.05, 4.69) is 37.3 Å². The van der Waals surface area contributed by atoms with Gasteiger partial charge in [0, 0.05) is 69.8 Å². The Kier molecular flexibility index (Phi) is 9.88. The van der Waals surface area contributed by atoms with Gasteiger partial charge in [-0.3, -0.25) is 19.5 Å². The molecule has 0 spiro atoms. The van der Waals surface area contributed by atoms with Crippen molar-refractivity contribution in [3.63, 3.8) is 0 Å². The zero-order valence-electron chi connectivity index (χ0n) is 22.1. The second kappa shape index (κ2) is 13.5. The molecule has 11 heteroatoms. The summed E-state index contributed by atoms with van der Waals surface area (Å²) in [7, 11) is 3.72. The van der Waals surface area contributed by atoms with E-state index in [9.17, 15) is 9.59 Å². The largest absolute Gasteiger partial charge is 0.491 e. The zero-order valence-corrected chi connectivity index (χ0v) is 22.9. The average molecular weight is 539 g/mol. The third-order valence-electron chi connectivity index (χ3n) is 6.34. The van der Waals surface area contributed by atoms with E-state index < -0.39 is 0 Å². The van der Waals surface area contributed by atoms with Crippen molar-refractivity contribution in [1.82, 2.24) is 25.0 Å². The molecule has 0 saturated carbocycles. The van der Waals surface area contributed by atoms with Crippen LogP contribution in [-0.4, -0.2) is 96.8 Å². The van der Waals surface area contributed by atoms with Crippen LogP contribution in [-0.2, 0) is 16.0 Å². The van der Waals surface area contributed by atoms with E-state index in [-0.39, 0.29) is 24.7 Å². The van der Waals surface area contributed by atoms with Crippen LogP contribution >= 0.6 is 11.3 Å². The number of ether oxygens (including phenoxy) is 2. The summed E-state index contributed by atoms with van der Waals surface area (Å²) in [5.41, 5.74) is 2.91. The molecule has 3 aromatic rings. The minimum absolute atomic E-state index is 0.111. The number of nitrogens with one attached hydrogen (secondary N) is 1. The number of Topliss-reactive ketones (excluding diaryl/α,β-unsaturated/α-hetero) is 1. The third-order valence-corrected chi connectivity index (χ3v) is 7.29. The quantitative estimate of drug-likeness (QED) is 0.275. The summed E-state index contributed by atoms with van der Waals surface area (Å²) in [4.78, 5) is 34.6. The number of ketones is 1. The van der Waals surface area contributed by atoms with Crippen LogP contribution in [0.2, 0.25) is 0 Å². The fraction of sp³-hybridized carbons (Fsp3) is 0.444. The second-order valence-electron chi connectivity index (χ2n) is 9.32. The molecule has 0 aliphatic carbocycles. The highest BCUT2D eigenvalue weighted by atomic mass is 32.1. The summed E-state index contributed by atoms with van der Waals surface area (Å²) in [6.07, 6.45) is 4.31. The number of aromatic nitrogens is 3. The number of amides is 1. The van der Waals surface area contributed by atoms with Gasteiger partial charge in [0.1, 0.15) is 15.8 Å². The molecule has 1 aliphatic rings. The fourth-order valence-corrected chi connectivity index (χ4v) is 4.99. The summed E-state index contributed by atoms with van der Waals surface area (Å²) in [5, 5.41) is 12.8. The number of pyridine rings is 1. The van der Waals surface area contributed by atoms with Gasteiger partial charge in [-0.05, 0) is 43.8 Å². The fourth-order valence-electron chi connectivity index (χ4n) is 4.07. The number of carbonyl (C=O) groups excluding carboxylic acids is 2. The number of likely N-dealkylation sites (N-methyl/N-ethyl adjacent to an activating group) is 1. The monoisotopic (exact) mass is 538 g/mol. The van der Waals surface area contributed by atoms with E-state index in [1.54, 1.807) is 37.7 Å². The van der Waals surface area contributed by atoms with Gasteiger partial charge < -0.3 is 19.7 Å². The second-order valence-corrected chi connectivity index (χ2v) is 10.4. The Labute approximate surface area is 227 Å². The summed E-state index contributed by atoms with van der Waals surface area (Å²) >= 11 is 1.38. The predicted octanol–water partition coefficient (Wildman–Crippen LogP) is 2.94. The van der Waals surface area contributed by atoms with Gasteiger partial charge in [-0.15, -0.1) is 10.2 Å². The lowest BCUT2D eigenvalue weighted by atomic mass is 10.1. The lowest BCUT2D eigenvalue weighted by molar-refractivity contribution is -0.117. The molecule has 3 heterocycles. The van der Waals surface area contributed by atoms with E-state index in [4.69, 9.17) is 9.47 Å². The van der Waals surface area contributed by atoms with Gasteiger partial charge in [-0.2, -0.15) is 0 Å². The molecule has 0 atom stereocenters. The number of methoxy groups -OCH3 is 1. The Hall–Kier alpha value is -3.25. The molecule has 38 heavy (non-hydrogen) atoms. The number of nitrogens with zero attached hydrogens (tertiary/aromatic N) is 5. The van der Waals surface area contributed by atoms with Gasteiger partial charge >= 0.3 is 0 Å². The topological polar surface area (TPSA) is 110 Å². The number of rotatable bonds is 12. The Bertz CT molecular complexity index is 1240. The normalized spacial score (nSPS) is 14.4. The summed E-state index contributed by atoms with van der Waals surface area (Å²) in [6, 6.07) is 7.05. The smallest absolute Gasteiger partial charge is 0.238 e. The van der Waals surface area contributed by atoms with Crippen LogP contribution in [0.4, 0.5) is 5.69 Å². The van der Waals surface area contributed by atoms with Crippen LogP contribution in [0.3, 0.4) is 0 Å². The molecule has 0 unspecified atom stereocenters. The van der Waals surface area contributed by atoms with Crippen molar-refractivity contribution in [2.24, 2.45) is 0 Å². The number of piperazine rings is 1. The number of anilines is 1. The molecule has 1 amide bonds. The van der Waals surface area contributed by atoms with Crippen LogP contribution in [0.1, 0.15) is 27.3 Å². The van der Waals surface area contributed by atoms with E-state index in [1.165, 1.54) is 11.3 Å². The average Bonchev–Trinajstić information content (AvgIpc) is 3.37. The lowest BCUT2D eigenvalue weighted by Crippen LogP contribution is -2.47. The zero-order chi connectivity index (χ0) is 26.9. The molecular weight excluding hydrogens is 504 g/mol. The first-order valence-electron chi connectivity index (χ1n) is 12.7. The van der Waals surface area contributed by atoms with Gasteiger partial charge in [-0.25, -0.2) is 0 Å². The molecule has 2 aromatic heterocycles. The Morgan fingerprint density at radius 2 is 1.92 bits per heavy atom. The first-order chi connectivity index (χ1) is 18.4. The van der Waals surface area contributed by atoms with Crippen molar-refractivity contribution in [2.45, 2.75) is 19.8 Å². The van der Waals surface area contributed by atoms with Crippen molar-refractivity contribution in [3.8, 4) is 16.3 Å². The SMILES string of the molecule is COCCCOc1ccc(C(=O)Cc2nnc(-c3cnccc3C)s2)cc1NC(=O)CN1CCN(C)CC1. The Balaban J connectivity index is 1.46. The maximum atomic E-state index is 13.2. The van der Waals surface area contributed by atoms with Gasteiger partial charge in [0.05, 0.1) is 25.3 Å². The summed E-state index contributed by atoms with van der Waals surface area (Å²) in [5.74, 6) is 0.271. The van der Waals surface area contributed by atoms with E-state index in [1.807, 2.05) is 13.0 Å². The first kappa shape index (κ1) is 27.8. The maximum absolute atomic E-state index is 13.2. The highest BCUT2D eigenvalue weighted by Gasteiger charge is 2.19. The highest BCUT2D eigenvalue weighted by Crippen LogP contribution is 2.29. The number of benzene rings is 1. The van der Waals surface area contributed by atoms with Crippen LogP contribution in [0.15, 0.2) is 36.7 Å². The predicted molar refractivity (Wildman–Crippen MR) is 147 cm³/mol. The molecule has 1 saturated heterocycles. The van der Waals surface area contributed by atoms with Gasteiger partial charge in [0.15, 0.2) is 5.78 Å². The molecule has 1 fully saturated rings. The number of aryl methyl sites for hydroxylation is 1. The van der Waals surface area contributed by atoms with Crippen molar-refractivity contribution < 1.29 is 19.1 Å². The lowest BCUT2D eigenvalue weighted by Gasteiger charge is -2.31. The molecule has 1 N–H and O–H groups in total. The first-order valence-corrected chi connectivity index (χ1v) is 13.5. The highest BCUT2D eigenvalue weighted by molar-refractivity contribution is 7.14.